The van der Waals surface area contributed by atoms with Crippen LogP contribution in [0.5, 0.6) is 5.75 Å². The van der Waals surface area contributed by atoms with Crippen LogP contribution in [0.15, 0.2) is 12.1 Å². The first-order valence-electron chi connectivity index (χ1n) is 6.21. The van der Waals surface area contributed by atoms with Gasteiger partial charge in [-0.25, -0.2) is 0 Å². The van der Waals surface area contributed by atoms with Crippen molar-refractivity contribution in [1.82, 2.24) is 0 Å². The summed E-state index contributed by atoms with van der Waals surface area (Å²) in [6.45, 7) is 2.03. The van der Waals surface area contributed by atoms with E-state index in [1.165, 1.54) is 19.3 Å². The van der Waals surface area contributed by atoms with Crippen molar-refractivity contribution in [2.75, 3.05) is 7.11 Å². The molecule has 94 valence electrons. The Hall–Kier alpha value is -0.730. The van der Waals surface area contributed by atoms with Gasteiger partial charge in [-0.2, -0.15) is 0 Å². The minimum Gasteiger partial charge on any atom is -0.496 e. The van der Waals surface area contributed by atoms with Gasteiger partial charge in [0.25, 0.3) is 0 Å². The molecule has 0 aromatic heterocycles. The predicted octanol–water partition coefficient (Wildman–Crippen LogP) is 3.78. The molecule has 0 saturated heterocycles. The van der Waals surface area contributed by atoms with Crippen molar-refractivity contribution in [2.24, 2.45) is 5.73 Å². The fraction of sp³-hybridized carbons (Fsp3) is 0.571. The van der Waals surface area contributed by atoms with Crippen LogP contribution in [0.2, 0.25) is 5.02 Å². The van der Waals surface area contributed by atoms with Crippen molar-refractivity contribution in [1.29, 1.82) is 0 Å². The van der Waals surface area contributed by atoms with Crippen LogP contribution in [-0.4, -0.2) is 7.11 Å². The SMILES string of the molecule is COc1c(C)ccc(Cl)c1C1(N)CCCCC1. The first kappa shape index (κ1) is 12.7. The van der Waals surface area contributed by atoms with Gasteiger partial charge in [-0.1, -0.05) is 36.9 Å². The number of hydrogen-bond donors (Lipinski definition) is 1. The Morgan fingerprint density at radius 3 is 2.47 bits per heavy atom. The van der Waals surface area contributed by atoms with Gasteiger partial charge in [0.2, 0.25) is 0 Å². The van der Waals surface area contributed by atoms with E-state index in [-0.39, 0.29) is 5.54 Å². The van der Waals surface area contributed by atoms with Crippen LogP contribution in [0.4, 0.5) is 0 Å². The van der Waals surface area contributed by atoms with E-state index in [1.54, 1.807) is 7.11 Å². The smallest absolute Gasteiger partial charge is 0.128 e. The van der Waals surface area contributed by atoms with E-state index >= 15 is 0 Å². The van der Waals surface area contributed by atoms with E-state index < -0.39 is 0 Å². The molecule has 0 bridgehead atoms. The van der Waals surface area contributed by atoms with Crippen molar-refractivity contribution in [3.05, 3.63) is 28.3 Å². The van der Waals surface area contributed by atoms with Crippen LogP contribution in [0.3, 0.4) is 0 Å². The highest BCUT2D eigenvalue weighted by Gasteiger charge is 2.34. The number of benzene rings is 1. The molecule has 2 nitrogen and oxygen atoms in total. The average molecular weight is 254 g/mol. The zero-order valence-electron chi connectivity index (χ0n) is 10.6. The molecule has 0 radical (unpaired) electrons. The molecule has 1 aromatic rings. The third-order valence-corrected chi connectivity index (χ3v) is 4.07. The predicted molar refractivity (Wildman–Crippen MR) is 71.7 cm³/mol. The fourth-order valence-corrected chi connectivity index (χ4v) is 3.16. The highest BCUT2D eigenvalue weighted by Crippen LogP contribution is 2.44. The minimum atomic E-state index is -0.313. The summed E-state index contributed by atoms with van der Waals surface area (Å²) in [7, 11) is 1.69. The lowest BCUT2D eigenvalue weighted by molar-refractivity contribution is 0.288. The quantitative estimate of drug-likeness (QED) is 0.871. The van der Waals surface area contributed by atoms with Gasteiger partial charge in [-0.15, -0.1) is 0 Å². The first-order valence-corrected chi connectivity index (χ1v) is 6.59. The van der Waals surface area contributed by atoms with Crippen molar-refractivity contribution in [3.8, 4) is 5.75 Å². The monoisotopic (exact) mass is 253 g/mol. The summed E-state index contributed by atoms with van der Waals surface area (Å²) >= 11 is 6.34. The summed E-state index contributed by atoms with van der Waals surface area (Å²) in [5.41, 5.74) is 8.35. The molecule has 1 aromatic carbocycles. The second kappa shape index (κ2) is 4.87. The van der Waals surface area contributed by atoms with Gasteiger partial charge in [-0.3, -0.25) is 0 Å². The summed E-state index contributed by atoms with van der Waals surface area (Å²) in [4.78, 5) is 0. The lowest BCUT2D eigenvalue weighted by Gasteiger charge is -2.36. The van der Waals surface area contributed by atoms with E-state index in [0.29, 0.717) is 0 Å². The van der Waals surface area contributed by atoms with Gasteiger partial charge in [0.05, 0.1) is 7.11 Å². The van der Waals surface area contributed by atoms with Gasteiger partial charge in [0, 0.05) is 16.1 Å². The normalized spacial score (nSPS) is 19.1. The number of aryl methyl sites for hydroxylation is 1. The zero-order chi connectivity index (χ0) is 12.5. The molecule has 17 heavy (non-hydrogen) atoms. The number of nitrogens with two attached hydrogens (primary N) is 1. The van der Waals surface area contributed by atoms with Gasteiger partial charge >= 0.3 is 0 Å². The average Bonchev–Trinajstić information content (AvgIpc) is 2.32. The molecule has 0 spiro atoms. The summed E-state index contributed by atoms with van der Waals surface area (Å²) in [6, 6.07) is 3.91. The molecule has 2 rings (SSSR count). The van der Waals surface area contributed by atoms with E-state index in [9.17, 15) is 0 Å². The first-order chi connectivity index (χ1) is 8.08. The van der Waals surface area contributed by atoms with Crippen molar-refractivity contribution in [3.63, 3.8) is 0 Å². The standard InChI is InChI=1S/C14H20ClNO/c1-10-6-7-11(15)12(13(10)17-2)14(16)8-4-3-5-9-14/h6-7H,3-5,8-9,16H2,1-2H3. The number of halogens is 1. The summed E-state index contributed by atoms with van der Waals surface area (Å²) in [5, 5.41) is 0.733. The lowest BCUT2D eigenvalue weighted by Crippen LogP contribution is -2.39. The molecule has 0 unspecified atom stereocenters. The lowest BCUT2D eigenvalue weighted by atomic mass is 9.76. The molecular formula is C14H20ClNO. The second-order valence-electron chi connectivity index (χ2n) is 4.99. The van der Waals surface area contributed by atoms with Gasteiger partial charge in [-0.05, 0) is 31.4 Å². The van der Waals surface area contributed by atoms with Crippen LogP contribution < -0.4 is 10.5 Å². The topological polar surface area (TPSA) is 35.2 Å². The summed E-state index contributed by atoms with van der Waals surface area (Å²) < 4.78 is 5.51. The Balaban J connectivity index is 2.52. The summed E-state index contributed by atoms with van der Waals surface area (Å²) in [5.74, 6) is 0.863. The van der Waals surface area contributed by atoms with E-state index in [4.69, 9.17) is 22.1 Å². The molecule has 2 N–H and O–H groups in total. The van der Waals surface area contributed by atoms with Crippen LogP contribution in [0.25, 0.3) is 0 Å². The van der Waals surface area contributed by atoms with E-state index in [0.717, 1.165) is 34.7 Å². The maximum absolute atomic E-state index is 6.56. The fourth-order valence-electron chi connectivity index (χ4n) is 2.82. The van der Waals surface area contributed by atoms with Crippen molar-refractivity contribution < 1.29 is 4.74 Å². The number of hydrogen-bond acceptors (Lipinski definition) is 2. The zero-order valence-corrected chi connectivity index (χ0v) is 11.3. The van der Waals surface area contributed by atoms with Crippen molar-refractivity contribution >= 4 is 11.6 Å². The Bertz CT molecular complexity index is 411. The third kappa shape index (κ3) is 2.29. The van der Waals surface area contributed by atoms with Crippen LogP contribution in [0.1, 0.15) is 43.2 Å². The molecule has 1 fully saturated rings. The minimum absolute atomic E-state index is 0.313. The molecule has 0 amide bonds. The molecule has 1 saturated carbocycles. The van der Waals surface area contributed by atoms with Gasteiger partial charge in [0.15, 0.2) is 0 Å². The molecule has 0 aliphatic heterocycles. The number of methoxy groups -OCH3 is 1. The number of rotatable bonds is 2. The number of ether oxygens (including phenoxy) is 1. The molecule has 1 aliphatic carbocycles. The van der Waals surface area contributed by atoms with Crippen LogP contribution in [-0.2, 0) is 5.54 Å². The molecule has 1 aliphatic rings. The molecule has 0 atom stereocenters. The highest BCUT2D eigenvalue weighted by atomic mass is 35.5. The Labute approximate surface area is 108 Å². The van der Waals surface area contributed by atoms with Gasteiger partial charge < -0.3 is 10.5 Å². The van der Waals surface area contributed by atoms with Crippen LogP contribution >= 0.6 is 11.6 Å². The highest BCUT2D eigenvalue weighted by molar-refractivity contribution is 6.31. The van der Waals surface area contributed by atoms with E-state index in [1.807, 2.05) is 19.1 Å². The van der Waals surface area contributed by atoms with E-state index in [2.05, 4.69) is 0 Å². The van der Waals surface area contributed by atoms with Crippen molar-refractivity contribution in [2.45, 2.75) is 44.6 Å². The Kier molecular flexibility index (Phi) is 3.64. The third-order valence-electron chi connectivity index (χ3n) is 3.75. The largest absolute Gasteiger partial charge is 0.496 e. The molecule has 0 heterocycles. The molecular weight excluding hydrogens is 234 g/mol. The summed E-state index contributed by atoms with van der Waals surface area (Å²) in [6.07, 6.45) is 5.59. The van der Waals surface area contributed by atoms with Crippen LogP contribution in [0, 0.1) is 6.92 Å². The Morgan fingerprint density at radius 2 is 1.88 bits per heavy atom. The second-order valence-corrected chi connectivity index (χ2v) is 5.40. The maximum atomic E-state index is 6.56. The molecule has 3 heteroatoms. The van der Waals surface area contributed by atoms with Gasteiger partial charge in [0.1, 0.15) is 5.75 Å². The Morgan fingerprint density at radius 1 is 1.24 bits per heavy atom. The maximum Gasteiger partial charge on any atom is 0.128 e.